The molecule has 0 aliphatic rings. The van der Waals surface area contributed by atoms with Gasteiger partial charge in [-0.3, -0.25) is 9.59 Å². The van der Waals surface area contributed by atoms with Crippen molar-refractivity contribution in [1.29, 1.82) is 0 Å². The molecule has 0 fully saturated rings. The Hall–Kier alpha value is -3.44. The van der Waals surface area contributed by atoms with Crippen molar-refractivity contribution in [2.24, 2.45) is 0 Å². The number of carbonyl (C=O) groups is 2. The van der Waals surface area contributed by atoms with E-state index in [1.807, 2.05) is 0 Å². The predicted octanol–water partition coefficient (Wildman–Crippen LogP) is 4.50. The van der Waals surface area contributed by atoms with Gasteiger partial charge in [0.25, 0.3) is 5.91 Å². The summed E-state index contributed by atoms with van der Waals surface area (Å²) < 4.78 is 56.1. The van der Waals surface area contributed by atoms with Crippen molar-refractivity contribution >= 4 is 33.5 Å². The number of benzene rings is 3. The van der Waals surface area contributed by atoms with Crippen molar-refractivity contribution in [2.45, 2.75) is 11.5 Å². The molecule has 0 aliphatic carbocycles. The van der Waals surface area contributed by atoms with Crippen LogP contribution in [0.25, 0.3) is 11.1 Å². The zero-order valence-corrected chi connectivity index (χ0v) is 21.7. The van der Waals surface area contributed by atoms with E-state index in [0.717, 1.165) is 23.3 Å². The van der Waals surface area contributed by atoms with Gasteiger partial charge in [-0.15, -0.1) is 11.8 Å². The predicted molar refractivity (Wildman–Crippen MR) is 138 cm³/mol. The Morgan fingerprint density at radius 1 is 1.03 bits per heavy atom. The summed E-state index contributed by atoms with van der Waals surface area (Å²) in [5, 5.41) is 9.12. The first-order chi connectivity index (χ1) is 17.5. The van der Waals surface area contributed by atoms with Crippen molar-refractivity contribution < 1.29 is 36.6 Å². The van der Waals surface area contributed by atoms with E-state index in [1.54, 1.807) is 48.7 Å². The van der Waals surface area contributed by atoms with E-state index in [-0.39, 0.29) is 24.5 Å². The summed E-state index contributed by atoms with van der Waals surface area (Å²) in [5.74, 6) is -3.54. The minimum absolute atomic E-state index is 0.101. The van der Waals surface area contributed by atoms with E-state index in [4.69, 9.17) is 9.84 Å². The molecule has 0 saturated heterocycles. The first-order valence-corrected chi connectivity index (χ1v) is 14.3. The molecule has 0 aliphatic heterocycles. The third kappa shape index (κ3) is 8.02. The molecular formula is C26H25F2NO6S2. The van der Waals surface area contributed by atoms with Gasteiger partial charge in [0.2, 0.25) is 0 Å². The molecule has 0 atom stereocenters. The Balaban J connectivity index is 1.71. The van der Waals surface area contributed by atoms with Gasteiger partial charge in [0.15, 0.2) is 11.6 Å². The highest BCUT2D eigenvalue weighted by Gasteiger charge is 2.20. The van der Waals surface area contributed by atoms with Crippen LogP contribution in [0.15, 0.2) is 65.6 Å². The van der Waals surface area contributed by atoms with Crippen LogP contribution in [0.2, 0.25) is 0 Å². The summed E-state index contributed by atoms with van der Waals surface area (Å²) in [5.41, 5.74) is 2.09. The molecule has 0 bridgehead atoms. The number of hydrogen-bond acceptors (Lipinski definition) is 6. The Bertz CT molecular complexity index is 1390. The highest BCUT2D eigenvalue weighted by molar-refractivity contribution is 7.98. The lowest BCUT2D eigenvalue weighted by molar-refractivity contribution is -0.137. The Labute approximate surface area is 218 Å². The van der Waals surface area contributed by atoms with Crippen molar-refractivity contribution in [3.05, 3.63) is 83.4 Å². The van der Waals surface area contributed by atoms with Gasteiger partial charge in [0, 0.05) is 23.3 Å². The highest BCUT2D eigenvalue weighted by Crippen LogP contribution is 2.33. The standard InChI is InChI=1S/C26H25F2NO6S2/c1-36-24-14-23(28)22(27)13-21(24)18-6-8-20(9-7-18)35-16-17-4-3-5-19(12-17)26(32)29(15-25(30)31)10-11-37(2,33)34/h3-9,12-14H,10-11,15-16H2,1-2H3,(H,30,31). The van der Waals surface area contributed by atoms with E-state index in [9.17, 15) is 26.8 Å². The molecule has 3 aromatic carbocycles. The van der Waals surface area contributed by atoms with Crippen LogP contribution in [-0.4, -0.2) is 61.7 Å². The van der Waals surface area contributed by atoms with Crippen molar-refractivity contribution in [3.8, 4) is 16.9 Å². The second-order valence-electron chi connectivity index (χ2n) is 8.23. The Morgan fingerprint density at radius 2 is 1.70 bits per heavy atom. The third-order valence-corrected chi connectivity index (χ3v) is 7.03. The lowest BCUT2D eigenvalue weighted by Gasteiger charge is -2.20. The zero-order valence-electron chi connectivity index (χ0n) is 20.1. The topological polar surface area (TPSA) is 101 Å². The fourth-order valence-corrected chi connectivity index (χ4v) is 4.66. The molecular weight excluding hydrogens is 524 g/mol. The second kappa shape index (κ2) is 12.2. The number of thioether (sulfide) groups is 1. The fraction of sp³-hybridized carbons (Fsp3) is 0.231. The number of halogens is 2. The number of hydrogen-bond donors (Lipinski definition) is 1. The first kappa shape index (κ1) is 28.1. The number of carboxylic acid groups (broad SMARTS) is 1. The maximum Gasteiger partial charge on any atom is 0.323 e. The minimum atomic E-state index is -3.39. The molecule has 37 heavy (non-hydrogen) atoms. The van der Waals surface area contributed by atoms with Crippen molar-refractivity contribution in [3.63, 3.8) is 0 Å². The van der Waals surface area contributed by atoms with Gasteiger partial charge in [0.1, 0.15) is 28.7 Å². The van der Waals surface area contributed by atoms with Crippen LogP contribution in [0, 0.1) is 11.6 Å². The molecule has 196 valence electrons. The number of rotatable bonds is 11. The summed E-state index contributed by atoms with van der Waals surface area (Å²) in [4.78, 5) is 25.6. The molecule has 7 nitrogen and oxygen atoms in total. The van der Waals surface area contributed by atoms with Crippen LogP contribution in [-0.2, 0) is 21.2 Å². The van der Waals surface area contributed by atoms with Gasteiger partial charge in [0.05, 0.1) is 5.75 Å². The van der Waals surface area contributed by atoms with Gasteiger partial charge in [-0.2, -0.15) is 0 Å². The molecule has 11 heteroatoms. The summed E-state index contributed by atoms with van der Waals surface area (Å²) in [6.07, 6.45) is 2.79. The summed E-state index contributed by atoms with van der Waals surface area (Å²) in [6.45, 7) is -0.769. The van der Waals surface area contributed by atoms with Gasteiger partial charge in [-0.05, 0) is 59.3 Å². The van der Waals surface area contributed by atoms with Gasteiger partial charge in [-0.1, -0.05) is 24.3 Å². The number of sulfone groups is 1. The van der Waals surface area contributed by atoms with Crippen LogP contribution in [0.4, 0.5) is 8.78 Å². The molecule has 3 aromatic rings. The summed E-state index contributed by atoms with van der Waals surface area (Å²) >= 11 is 1.31. The molecule has 3 rings (SSSR count). The zero-order chi connectivity index (χ0) is 27.2. The van der Waals surface area contributed by atoms with E-state index in [0.29, 0.717) is 27.3 Å². The quantitative estimate of drug-likeness (QED) is 0.352. The van der Waals surface area contributed by atoms with Gasteiger partial charge >= 0.3 is 5.97 Å². The van der Waals surface area contributed by atoms with Crippen LogP contribution >= 0.6 is 11.8 Å². The van der Waals surface area contributed by atoms with Crippen LogP contribution in [0.3, 0.4) is 0 Å². The van der Waals surface area contributed by atoms with Crippen LogP contribution < -0.4 is 4.74 Å². The molecule has 0 radical (unpaired) electrons. The number of carboxylic acids is 1. The summed E-state index contributed by atoms with van der Waals surface area (Å²) in [7, 11) is -3.39. The smallest absolute Gasteiger partial charge is 0.323 e. The third-order valence-electron chi connectivity index (χ3n) is 5.33. The van der Waals surface area contributed by atoms with Gasteiger partial charge < -0.3 is 14.7 Å². The molecule has 1 amide bonds. The largest absolute Gasteiger partial charge is 0.489 e. The maximum atomic E-state index is 13.8. The monoisotopic (exact) mass is 549 g/mol. The highest BCUT2D eigenvalue weighted by atomic mass is 32.2. The van der Waals surface area contributed by atoms with E-state index in [1.165, 1.54) is 17.8 Å². The van der Waals surface area contributed by atoms with Crippen LogP contribution in [0.1, 0.15) is 15.9 Å². The average molecular weight is 550 g/mol. The fourth-order valence-electron chi connectivity index (χ4n) is 3.49. The molecule has 1 N–H and O–H groups in total. The normalized spacial score (nSPS) is 11.2. The van der Waals surface area contributed by atoms with Crippen LogP contribution in [0.5, 0.6) is 5.75 Å². The maximum absolute atomic E-state index is 13.8. The van der Waals surface area contributed by atoms with Gasteiger partial charge in [-0.25, -0.2) is 17.2 Å². The van der Waals surface area contributed by atoms with E-state index in [2.05, 4.69) is 0 Å². The minimum Gasteiger partial charge on any atom is -0.489 e. The van der Waals surface area contributed by atoms with Crippen molar-refractivity contribution in [1.82, 2.24) is 4.90 Å². The number of nitrogens with zero attached hydrogens (tertiary/aromatic N) is 1. The Morgan fingerprint density at radius 3 is 2.32 bits per heavy atom. The molecule has 0 spiro atoms. The average Bonchev–Trinajstić information content (AvgIpc) is 2.86. The van der Waals surface area contributed by atoms with E-state index < -0.39 is 39.9 Å². The lowest BCUT2D eigenvalue weighted by atomic mass is 10.1. The SMILES string of the molecule is CSc1cc(F)c(F)cc1-c1ccc(OCc2cccc(C(=O)N(CCS(C)(=O)=O)CC(=O)O)c2)cc1. The summed E-state index contributed by atoms with van der Waals surface area (Å²) in [6, 6.07) is 15.6. The molecule has 0 heterocycles. The number of carbonyl (C=O) groups excluding carboxylic acids is 1. The number of aliphatic carboxylic acids is 1. The molecule has 0 unspecified atom stereocenters. The lowest BCUT2D eigenvalue weighted by Crippen LogP contribution is -2.38. The number of amides is 1. The second-order valence-corrected chi connectivity index (χ2v) is 11.3. The number of ether oxygens (including phenoxy) is 1. The van der Waals surface area contributed by atoms with Crippen molar-refractivity contribution in [2.75, 3.05) is 31.4 Å². The molecule has 0 aromatic heterocycles. The molecule has 0 saturated carbocycles. The van der Waals surface area contributed by atoms with E-state index >= 15 is 0 Å². The first-order valence-electron chi connectivity index (χ1n) is 11.0. The Kier molecular flexibility index (Phi) is 9.28.